The standard InChI is InChI=1S/C25H38N2O3S2/c1-18(2)12-16-25(14-8-5-9-15-25)24(30)27-20-10-6-7-11-22(20)32-23(29)21(13-17-31-4)26-19(3)28/h6-7,10-11,18,21H,5,8-9,12-17H2,1-4H3,(H,26,28)(H,27,30)/t21-/m0/s1. The number of carbonyl (C=O) groups is 3. The molecule has 0 unspecified atom stereocenters. The van der Waals surface area contributed by atoms with E-state index in [4.69, 9.17) is 0 Å². The lowest BCUT2D eigenvalue weighted by Crippen LogP contribution is -2.39. The van der Waals surface area contributed by atoms with Crippen LogP contribution in [0.3, 0.4) is 0 Å². The molecular formula is C25H38N2O3S2. The van der Waals surface area contributed by atoms with E-state index in [0.717, 1.165) is 60.9 Å². The van der Waals surface area contributed by atoms with E-state index >= 15 is 0 Å². The normalized spacial score (nSPS) is 16.4. The quantitative estimate of drug-likeness (QED) is 0.388. The highest BCUT2D eigenvalue weighted by molar-refractivity contribution is 8.14. The van der Waals surface area contributed by atoms with E-state index < -0.39 is 6.04 Å². The van der Waals surface area contributed by atoms with Crippen LogP contribution in [0.25, 0.3) is 0 Å². The summed E-state index contributed by atoms with van der Waals surface area (Å²) in [6, 6.07) is 6.94. The molecule has 0 heterocycles. The summed E-state index contributed by atoms with van der Waals surface area (Å²) in [6.45, 7) is 5.84. The summed E-state index contributed by atoms with van der Waals surface area (Å²) in [7, 11) is 0. The number of rotatable bonds is 11. The third-order valence-electron chi connectivity index (χ3n) is 6.11. The second-order valence-corrected chi connectivity index (χ2v) is 11.2. The second-order valence-electron chi connectivity index (χ2n) is 9.18. The first-order valence-electron chi connectivity index (χ1n) is 11.7. The van der Waals surface area contributed by atoms with E-state index in [0.29, 0.717) is 18.0 Å². The van der Waals surface area contributed by atoms with Crippen molar-refractivity contribution in [3.05, 3.63) is 24.3 Å². The smallest absolute Gasteiger partial charge is 0.230 e. The van der Waals surface area contributed by atoms with Gasteiger partial charge in [0.25, 0.3) is 0 Å². The van der Waals surface area contributed by atoms with Crippen LogP contribution in [0, 0.1) is 11.3 Å². The molecule has 5 nitrogen and oxygen atoms in total. The van der Waals surface area contributed by atoms with Gasteiger partial charge in [0.05, 0.1) is 11.7 Å². The fraction of sp³-hybridized carbons (Fsp3) is 0.640. The van der Waals surface area contributed by atoms with Crippen LogP contribution in [-0.4, -0.2) is 35.0 Å². The fourth-order valence-corrected chi connectivity index (χ4v) is 5.59. The van der Waals surface area contributed by atoms with Crippen LogP contribution in [0.1, 0.15) is 72.1 Å². The number of nitrogens with one attached hydrogen (secondary N) is 2. The van der Waals surface area contributed by atoms with Crippen molar-refractivity contribution >= 4 is 46.1 Å². The molecule has 0 aliphatic heterocycles. The summed E-state index contributed by atoms with van der Waals surface area (Å²) in [4.78, 5) is 38.7. The number of para-hydroxylation sites is 1. The lowest BCUT2D eigenvalue weighted by Gasteiger charge is -2.36. The van der Waals surface area contributed by atoms with Gasteiger partial charge in [0.2, 0.25) is 16.9 Å². The highest BCUT2D eigenvalue weighted by atomic mass is 32.2. The monoisotopic (exact) mass is 478 g/mol. The van der Waals surface area contributed by atoms with Gasteiger partial charge in [0.15, 0.2) is 0 Å². The molecule has 1 fully saturated rings. The number of hydrogen-bond donors (Lipinski definition) is 2. The van der Waals surface area contributed by atoms with Gasteiger partial charge in [0.1, 0.15) is 0 Å². The minimum absolute atomic E-state index is 0.0825. The predicted molar refractivity (Wildman–Crippen MR) is 136 cm³/mol. The van der Waals surface area contributed by atoms with E-state index in [1.807, 2.05) is 30.5 Å². The van der Waals surface area contributed by atoms with Crippen molar-refractivity contribution in [3.8, 4) is 0 Å². The maximum atomic E-state index is 13.5. The highest BCUT2D eigenvalue weighted by Gasteiger charge is 2.39. The average Bonchev–Trinajstić information content (AvgIpc) is 2.76. The molecule has 0 saturated heterocycles. The van der Waals surface area contributed by atoms with E-state index in [1.54, 1.807) is 11.8 Å². The van der Waals surface area contributed by atoms with Crippen molar-refractivity contribution in [2.75, 3.05) is 17.3 Å². The Morgan fingerprint density at radius 2 is 1.75 bits per heavy atom. The Labute approximate surface area is 201 Å². The summed E-state index contributed by atoms with van der Waals surface area (Å²) in [5, 5.41) is 5.83. The Morgan fingerprint density at radius 1 is 1.06 bits per heavy atom. The maximum absolute atomic E-state index is 13.5. The molecule has 2 N–H and O–H groups in total. The second kappa shape index (κ2) is 13.3. The Bertz CT molecular complexity index is 776. The minimum Gasteiger partial charge on any atom is -0.346 e. The molecule has 1 aliphatic carbocycles. The van der Waals surface area contributed by atoms with Gasteiger partial charge in [-0.1, -0.05) is 45.2 Å². The molecule has 1 atom stereocenters. The van der Waals surface area contributed by atoms with Gasteiger partial charge >= 0.3 is 0 Å². The van der Waals surface area contributed by atoms with E-state index in [-0.39, 0.29) is 22.3 Å². The number of anilines is 1. The van der Waals surface area contributed by atoms with Gasteiger partial charge in [0, 0.05) is 17.2 Å². The highest BCUT2D eigenvalue weighted by Crippen LogP contribution is 2.42. The third kappa shape index (κ3) is 8.14. The van der Waals surface area contributed by atoms with Gasteiger partial charge in [-0.2, -0.15) is 11.8 Å². The number of hydrogen-bond acceptors (Lipinski definition) is 5. The number of amides is 2. The Morgan fingerprint density at radius 3 is 2.38 bits per heavy atom. The van der Waals surface area contributed by atoms with E-state index in [2.05, 4.69) is 24.5 Å². The summed E-state index contributed by atoms with van der Waals surface area (Å²) in [5.74, 6) is 1.22. The van der Waals surface area contributed by atoms with Crippen LogP contribution in [0.2, 0.25) is 0 Å². The lowest BCUT2D eigenvalue weighted by atomic mass is 9.69. The molecule has 0 aromatic heterocycles. The summed E-state index contributed by atoms with van der Waals surface area (Å²) in [6.07, 6.45) is 9.74. The van der Waals surface area contributed by atoms with Crippen molar-refractivity contribution in [3.63, 3.8) is 0 Å². The van der Waals surface area contributed by atoms with Crippen molar-refractivity contribution in [1.82, 2.24) is 5.32 Å². The zero-order valence-corrected chi connectivity index (χ0v) is 21.5. The molecule has 2 rings (SSSR count). The molecular weight excluding hydrogens is 440 g/mol. The van der Waals surface area contributed by atoms with Gasteiger partial charge in [-0.05, 0) is 73.9 Å². The third-order valence-corrected chi connectivity index (χ3v) is 7.82. The summed E-state index contributed by atoms with van der Waals surface area (Å²) < 4.78 is 0. The first-order valence-corrected chi connectivity index (χ1v) is 13.9. The molecule has 0 bridgehead atoms. The molecule has 1 aromatic rings. The zero-order valence-electron chi connectivity index (χ0n) is 19.9. The van der Waals surface area contributed by atoms with Crippen molar-refractivity contribution in [2.45, 2.75) is 83.1 Å². The number of benzene rings is 1. The largest absolute Gasteiger partial charge is 0.346 e. The maximum Gasteiger partial charge on any atom is 0.230 e. The molecule has 1 aromatic carbocycles. The Kier molecular flexibility index (Phi) is 11.1. The first-order chi connectivity index (χ1) is 15.3. The molecule has 0 radical (unpaired) electrons. The molecule has 7 heteroatoms. The van der Waals surface area contributed by atoms with Gasteiger partial charge in [-0.25, -0.2) is 0 Å². The lowest BCUT2D eigenvalue weighted by molar-refractivity contribution is -0.128. The van der Waals surface area contributed by atoms with Gasteiger partial charge in [-0.15, -0.1) is 0 Å². The molecule has 32 heavy (non-hydrogen) atoms. The number of thioether (sulfide) groups is 2. The van der Waals surface area contributed by atoms with Crippen molar-refractivity contribution in [1.29, 1.82) is 0 Å². The molecule has 2 amide bonds. The van der Waals surface area contributed by atoms with Crippen LogP contribution in [-0.2, 0) is 14.4 Å². The van der Waals surface area contributed by atoms with Crippen molar-refractivity contribution < 1.29 is 14.4 Å². The van der Waals surface area contributed by atoms with Gasteiger partial charge in [-0.3, -0.25) is 14.4 Å². The van der Waals surface area contributed by atoms with Crippen LogP contribution in [0.5, 0.6) is 0 Å². The van der Waals surface area contributed by atoms with Crippen LogP contribution in [0.4, 0.5) is 5.69 Å². The predicted octanol–water partition coefficient (Wildman–Crippen LogP) is 5.89. The van der Waals surface area contributed by atoms with Crippen LogP contribution in [0.15, 0.2) is 29.2 Å². The topological polar surface area (TPSA) is 75.3 Å². The molecule has 1 saturated carbocycles. The minimum atomic E-state index is -0.538. The van der Waals surface area contributed by atoms with Crippen LogP contribution < -0.4 is 10.6 Å². The molecule has 1 aliphatic rings. The molecule has 178 valence electrons. The SMILES string of the molecule is CSCC[C@H](NC(C)=O)C(=O)Sc1ccccc1NC(=O)C1(CCC(C)C)CCCCC1. The Balaban J connectivity index is 2.16. The van der Waals surface area contributed by atoms with E-state index in [9.17, 15) is 14.4 Å². The average molecular weight is 479 g/mol. The zero-order chi connectivity index (χ0) is 23.6. The number of carbonyl (C=O) groups excluding carboxylic acids is 3. The summed E-state index contributed by atoms with van der Waals surface area (Å²) in [5.41, 5.74) is 0.360. The van der Waals surface area contributed by atoms with Gasteiger partial charge < -0.3 is 10.6 Å². The Hall–Kier alpha value is -1.47. The van der Waals surface area contributed by atoms with Crippen molar-refractivity contribution in [2.24, 2.45) is 11.3 Å². The van der Waals surface area contributed by atoms with E-state index in [1.165, 1.54) is 13.3 Å². The molecule has 0 spiro atoms. The first kappa shape index (κ1) is 26.8. The van der Waals surface area contributed by atoms with Crippen LogP contribution >= 0.6 is 23.5 Å². The summed E-state index contributed by atoms with van der Waals surface area (Å²) >= 11 is 2.74. The fourth-order valence-electron chi connectivity index (χ4n) is 4.21.